The van der Waals surface area contributed by atoms with Gasteiger partial charge in [-0.25, -0.2) is 14.6 Å². The fourth-order valence-electron chi connectivity index (χ4n) is 3.23. The molecule has 13 heteroatoms. The molecule has 0 spiro atoms. The zero-order chi connectivity index (χ0) is 24.2. The van der Waals surface area contributed by atoms with Crippen molar-refractivity contribution in [2.75, 3.05) is 19.5 Å². The summed E-state index contributed by atoms with van der Waals surface area (Å²) < 4.78 is 17.4. The molecule has 3 rings (SSSR count). The van der Waals surface area contributed by atoms with Crippen LogP contribution in [0.5, 0.6) is 0 Å². The number of nitrogens with two attached hydrogens (primary N) is 1. The van der Waals surface area contributed by atoms with E-state index in [4.69, 9.17) is 37.6 Å². The first-order chi connectivity index (χ1) is 15.7. The van der Waals surface area contributed by atoms with Gasteiger partial charge in [-0.2, -0.15) is 9.97 Å². The van der Waals surface area contributed by atoms with Gasteiger partial charge in [0.05, 0.1) is 37.5 Å². The number of nitrogens with zero attached hydrogens (tertiary/aromatic N) is 4. The molecule has 0 aliphatic carbocycles. The number of hydrogen-bond donors (Lipinski definition) is 3. The van der Waals surface area contributed by atoms with Gasteiger partial charge in [0.2, 0.25) is 5.28 Å². The van der Waals surface area contributed by atoms with Crippen molar-refractivity contribution in [1.29, 1.82) is 0 Å². The molecule has 0 aliphatic rings. The predicted octanol–water partition coefficient (Wildman–Crippen LogP) is 1.09. The van der Waals surface area contributed by atoms with E-state index < -0.39 is 42.6 Å². The number of rotatable bonds is 11. The number of imidazole rings is 1. The van der Waals surface area contributed by atoms with E-state index in [1.54, 1.807) is 4.57 Å². The lowest BCUT2D eigenvalue weighted by atomic mass is 9.95. The van der Waals surface area contributed by atoms with Gasteiger partial charge in [-0.1, -0.05) is 5.92 Å². The van der Waals surface area contributed by atoms with Gasteiger partial charge in [0.25, 0.3) is 5.60 Å². The predicted molar refractivity (Wildman–Crippen MR) is 114 cm³/mol. The van der Waals surface area contributed by atoms with Crippen molar-refractivity contribution >= 4 is 40.5 Å². The summed E-state index contributed by atoms with van der Waals surface area (Å²) in [7, 11) is 1.35. The van der Waals surface area contributed by atoms with Crippen LogP contribution in [0.25, 0.3) is 11.2 Å². The van der Waals surface area contributed by atoms with E-state index >= 15 is 0 Å². The molecule has 0 saturated heterocycles. The van der Waals surface area contributed by atoms with E-state index in [1.165, 1.54) is 32.0 Å². The Morgan fingerprint density at radius 3 is 2.70 bits per heavy atom. The molecule has 2 unspecified atom stereocenters. The van der Waals surface area contributed by atoms with E-state index in [0.29, 0.717) is 16.7 Å². The van der Waals surface area contributed by atoms with Gasteiger partial charge in [-0.05, 0) is 23.2 Å². The zero-order valence-corrected chi connectivity index (χ0v) is 18.1. The average molecular weight is 478 g/mol. The van der Waals surface area contributed by atoms with Crippen LogP contribution in [0.4, 0.5) is 5.82 Å². The van der Waals surface area contributed by atoms with Gasteiger partial charge >= 0.3 is 11.9 Å². The smallest absolute Gasteiger partial charge is 0.348 e. The lowest BCUT2D eigenvalue weighted by molar-refractivity contribution is -0.188. The highest BCUT2D eigenvalue weighted by Gasteiger charge is 2.49. The Kier molecular flexibility index (Phi) is 7.17. The Morgan fingerprint density at radius 1 is 1.39 bits per heavy atom. The van der Waals surface area contributed by atoms with Gasteiger partial charge in [-0.15, -0.1) is 6.42 Å². The summed E-state index contributed by atoms with van der Waals surface area (Å²) in [6.07, 6.45) is 8.34. The van der Waals surface area contributed by atoms with Crippen LogP contribution < -0.4 is 5.73 Å². The number of aliphatic carboxylic acids is 2. The number of hydrogen-bond acceptors (Lipinski definition) is 9. The van der Waals surface area contributed by atoms with Crippen LogP contribution in [0.3, 0.4) is 0 Å². The Morgan fingerprint density at radius 2 is 2.12 bits per heavy atom. The summed E-state index contributed by atoms with van der Waals surface area (Å²) in [5.74, 6) is -1.38. The van der Waals surface area contributed by atoms with E-state index in [1.807, 2.05) is 0 Å². The molecule has 0 radical (unpaired) electrons. The number of terminal acetylenes is 1. The van der Waals surface area contributed by atoms with Crippen LogP contribution in [-0.2, 0) is 32.0 Å². The maximum absolute atomic E-state index is 11.9. The summed E-state index contributed by atoms with van der Waals surface area (Å²) in [5, 5.41) is 19.3. The molecular formula is C20H20ClN5O7. The minimum absolute atomic E-state index is 0.0717. The molecule has 0 bridgehead atoms. The topological polar surface area (TPSA) is 176 Å². The fraction of sp³-hybridized carbons (Fsp3) is 0.350. The highest BCUT2D eigenvalue weighted by molar-refractivity contribution is 6.28. The molecule has 4 N–H and O–H groups in total. The van der Waals surface area contributed by atoms with E-state index in [-0.39, 0.29) is 17.6 Å². The van der Waals surface area contributed by atoms with Crippen molar-refractivity contribution in [2.45, 2.75) is 24.7 Å². The molecule has 3 aromatic rings. The second-order valence-corrected chi connectivity index (χ2v) is 7.39. The first-order valence-corrected chi connectivity index (χ1v) is 9.84. The Labute approximate surface area is 192 Å². The third kappa shape index (κ3) is 4.90. The number of nitrogen functional groups attached to an aromatic ring is 1. The normalized spacial score (nSPS) is 13.5. The van der Waals surface area contributed by atoms with Gasteiger partial charge in [-0.3, -0.25) is 0 Å². The van der Waals surface area contributed by atoms with E-state index in [0.717, 1.165) is 0 Å². The quantitative estimate of drug-likeness (QED) is 0.204. The highest BCUT2D eigenvalue weighted by atomic mass is 35.5. The summed E-state index contributed by atoms with van der Waals surface area (Å²) in [5.41, 5.74) is 4.25. The van der Waals surface area contributed by atoms with E-state index in [2.05, 4.69) is 20.9 Å². The van der Waals surface area contributed by atoms with Crippen LogP contribution in [0.2, 0.25) is 5.28 Å². The molecular weight excluding hydrogens is 458 g/mol. The SMILES string of the molecule is C#CC(Cn1cnc2c(N)nc(Cl)nc21)C(COC(Cc1ccoc1)(C(=O)O)C(=O)O)OC. The largest absolute Gasteiger partial charge is 0.479 e. The van der Waals surface area contributed by atoms with Crippen molar-refractivity contribution < 1.29 is 33.7 Å². The molecule has 3 aromatic heterocycles. The fourth-order valence-corrected chi connectivity index (χ4v) is 3.40. The van der Waals surface area contributed by atoms with Gasteiger partial charge < -0.3 is 34.4 Å². The molecule has 0 aliphatic heterocycles. The molecule has 0 amide bonds. The Hall–Kier alpha value is -3.66. The Bertz CT molecular complexity index is 1170. The zero-order valence-electron chi connectivity index (χ0n) is 17.3. The third-order valence-electron chi connectivity index (χ3n) is 5.04. The maximum Gasteiger partial charge on any atom is 0.348 e. The number of aromatic nitrogens is 4. The molecule has 0 fully saturated rings. The van der Waals surface area contributed by atoms with Crippen molar-refractivity contribution in [2.24, 2.45) is 5.92 Å². The van der Waals surface area contributed by atoms with Crippen molar-refractivity contribution in [3.63, 3.8) is 0 Å². The van der Waals surface area contributed by atoms with Crippen molar-refractivity contribution in [3.8, 4) is 12.3 Å². The number of halogens is 1. The number of carbonyl (C=O) groups is 2. The molecule has 2 atom stereocenters. The minimum atomic E-state index is -2.57. The van der Waals surface area contributed by atoms with Gasteiger partial charge in [0.15, 0.2) is 11.5 Å². The summed E-state index contributed by atoms with van der Waals surface area (Å²) in [6.45, 7) is -0.303. The minimum Gasteiger partial charge on any atom is -0.479 e. The standard InChI is InChI=1S/C20H20ClN5O7/c1-3-12(7-26-10-23-14-15(22)24-19(21)25-16(14)26)13(31-2)9-33-20(17(27)28,18(29)30)6-11-4-5-32-8-11/h1,4-5,8,10,12-13H,6-7,9H2,2H3,(H,27,28)(H,29,30)(H2,22,24,25). The first-order valence-electron chi connectivity index (χ1n) is 9.46. The monoisotopic (exact) mass is 477 g/mol. The third-order valence-corrected chi connectivity index (χ3v) is 5.21. The first kappa shape index (κ1) is 24.0. The summed E-state index contributed by atoms with van der Waals surface area (Å²) in [6, 6.07) is 1.45. The number of fused-ring (bicyclic) bond motifs is 1. The molecule has 0 aromatic carbocycles. The second kappa shape index (κ2) is 9.86. The highest BCUT2D eigenvalue weighted by Crippen LogP contribution is 2.24. The second-order valence-electron chi connectivity index (χ2n) is 7.05. The summed E-state index contributed by atoms with van der Waals surface area (Å²) in [4.78, 5) is 36.0. The number of methoxy groups -OCH3 is 1. The number of furan rings is 1. The lowest BCUT2D eigenvalue weighted by Gasteiger charge is -2.29. The Balaban J connectivity index is 1.82. The lowest BCUT2D eigenvalue weighted by Crippen LogP contribution is -2.52. The average Bonchev–Trinajstić information content (AvgIpc) is 3.41. The van der Waals surface area contributed by atoms with Crippen LogP contribution in [0.15, 0.2) is 29.3 Å². The van der Waals surface area contributed by atoms with Gasteiger partial charge in [0.1, 0.15) is 5.52 Å². The number of carboxylic acid groups (broad SMARTS) is 2. The van der Waals surface area contributed by atoms with Crippen LogP contribution in [-0.4, -0.2) is 67.1 Å². The van der Waals surface area contributed by atoms with Crippen molar-refractivity contribution in [1.82, 2.24) is 19.5 Å². The van der Waals surface area contributed by atoms with Crippen molar-refractivity contribution in [3.05, 3.63) is 35.8 Å². The maximum atomic E-state index is 11.9. The van der Waals surface area contributed by atoms with Gasteiger partial charge in [0, 0.05) is 20.1 Å². The van der Waals surface area contributed by atoms with Crippen LogP contribution in [0.1, 0.15) is 5.56 Å². The molecule has 12 nitrogen and oxygen atoms in total. The van der Waals surface area contributed by atoms with Crippen LogP contribution >= 0.6 is 11.6 Å². The molecule has 174 valence electrons. The molecule has 33 heavy (non-hydrogen) atoms. The van der Waals surface area contributed by atoms with Crippen LogP contribution in [0, 0.1) is 18.3 Å². The number of carboxylic acids is 2. The summed E-state index contributed by atoms with van der Waals surface area (Å²) >= 11 is 5.88. The molecule has 0 saturated carbocycles. The van der Waals surface area contributed by atoms with E-state index in [9.17, 15) is 19.8 Å². The number of ether oxygens (including phenoxy) is 2. The number of anilines is 1. The molecule has 3 heterocycles.